The van der Waals surface area contributed by atoms with Gasteiger partial charge in [-0.1, -0.05) is 30.4 Å². The van der Waals surface area contributed by atoms with E-state index in [-0.39, 0.29) is 23.7 Å². The zero-order valence-corrected chi connectivity index (χ0v) is 12.6. The summed E-state index contributed by atoms with van der Waals surface area (Å²) in [5.74, 6) is 0.542. The van der Waals surface area contributed by atoms with Gasteiger partial charge >= 0.3 is 5.97 Å². The number of carbonyl (C=O) groups is 2. The van der Waals surface area contributed by atoms with Gasteiger partial charge in [-0.2, -0.15) is 0 Å². The Morgan fingerprint density at radius 1 is 1.18 bits per heavy atom. The summed E-state index contributed by atoms with van der Waals surface area (Å²) in [4.78, 5) is 26.8. The van der Waals surface area contributed by atoms with Crippen molar-refractivity contribution in [3.63, 3.8) is 0 Å². The summed E-state index contributed by atoms with van der Waals surface area (Å²) in [6.45, 7) is 0.405. The maximum absolute atomic E-state index is 13.0. The number of nitrogens with zero attached hydrogens (tertiary/aromatic N) is 1. The van der Waals surface area contributed by atoms with Crippen molar-refractivity contribution in [3.8, 4) is 0 Å². The molecular formula is C18H19NO3. The third-order valence-corrected chi connectivity index (χ3v) is 5.32. The minimum atomic E-state index is -0.362. The van der Waals surface area contributed by atoms with Crippen LogP contribution in [0.15, 0.2) is 36.4 Å². The Hall–Kier alpha value is -2.10. The van der Waals surface area contributed by atoms with Crippen LogP contribution in [0.4, 0.5) is 5.69 Å². The van der Waals surface area contributed by atoms with Crippen molar-refractivity contribution >= 4 is 17.6 Å². The van der Waals surface area contributed by atoms with Gasteiger partial charge in [-0.05, 0) is 36.3 Å². The van der Waals surface area contributed by atoms with Gasteiger partial charge in [-0.15, -0.1) is 0 Å². The Kier molecular flexibility index (Phi) is 3.06. The van der Waals surface area contributed by atoms with Crippen molar-refractivity contribution in [2.24, 2.45) is 17.8 Å². The van der Waals surface area contributed by atoms with Crippen molar-refractivity contribution in [1.29, 1.82) is 0 Å². The lowest BCUT2D eigenvalue weighted by atomic mass is 9.92. The highest BCUT2D eigenvalue weighted by Crippen LogP contribution is 2.46. The second-order valence-electron chi connectivity index (χ2n) is 6.47. The van der Waals surface area contributed by atoms with Gasteiger partial charge in [0.1, 0.15) is 5.92 Å². The second kappa shape index (κ2) is 4.97. The van der Waals surface area contributed by atoms with Crippen molar-refractivity contribution in [3.05, 3.63) is 42.0 Å². The largest absolute Gasteiger partial charge is 0.468 e. The highest BCUT2D eigenvalue weighted by molar-refractivity contribution is 6.00. The fourth-order valence-electron chi connectivity index (χ4n) is 4.22. The average Bonchev–Trinajstić information content (AvgIpc) is 3.26. The zero-order chi connectivity index (χ0) is 15.3. The lowest BCUT2D eigenvalue weighted by Crippen LogP contribution is -2.37. The van der Waals surface area contributed by atoms with Crippen LogP contribution in [0, 0.1) is 17.8 Å². The molecule has 0 N–H and O–H groups in total. The minimum absolute atomic E-state index is 0.0689. The number of anilines is 1. The number of allylic oxidation sites excluding steroid dienone is 2. The van der Waals surface area contributed by atoms with E-state index in [2.05, 4.69) is 12.2 Å². The minimum Gasteiger partial charge on any atom is -0.468 e. The average molecular weight is 297 g/mol. The lowest BCUT2D eigenvalue weighted by molar-refractivity contribution is -0.142. The molecule has 2 aliphatic carbocycles. The van der Waals surface area contributed by atoms with Gasteiger partial charge in [0, 0.05) is 18.2 Å². The summed E-state index contributed by atoms with van der Waals surface area (Å²) < 4.78 is 4.91. The first-order valence-corrected chi connectivity index (χ1v) is 7.85. The first-order valence-electron chi connectivity index (χ1n) is 7.85. The number of hydrogen-bond acceptors (Lipinski definition) is 3. The van der Waals surface area contributed by atoms with E-state index in [1.165, 1.54) is 7.11 Å². The van der Waals surface area contributed by atoms with Gasteiger partial charge in [0.2, 0.25) is 5.91 Å². The molecule has 22 heavy (non-hydrogen) atoms. The molecule has 1 aliphatic heterocycles. The van der Waals surface area contributed by atoms with Gasteiger partial charge in [0.05, 0.1) is 7.11 Å². The molecule has 1 aromatic rings. The highest BCUT2D eigenvalue weighted by atomic mass is 16.5. The van der Waals surface area contributed by atoms with Gasteiger partial charge in [-0.3, -0.25) is 9.59 Å². The van der Waals surface area contributed by atoms with E-state index in [9.17, 15) is 9.59 Å². The van der Waals surface area contributed by atoms with Gasteiger partial charge in [0.25, 0.3) is 0 Å². The number of methoxy groups -OCH3 is 1. The zero-order valence-electron chi connectivity index (χ0n) is 12.6. The summed E-state index contributed by atoms with van der Waals surface area (Å²) >= 11 is 0. The molecule has 1 aromatic carbocycles. The third-order valence-electron chi connectivity index (χ3n) is 5.32. The molecule has 0 aromatic heterocycles. The summed E-state index contributed by atoms with van der Waals surface area (Å²) in [6, 6.07) is 7.67. The van der Waals surface area contributed by atoms with Crippen molar-refractivity contribution < 1.29 is 14.3 Å². The van der Waals surface area contributed by atoms with E-state index in [1.807, 2.05) is 24.3 Å². The van der Waals surface area contributed by atoms with E-state index in [0.29, 0.717) is 18.4 Å². The fourth-order valence-corrected chi connectivity index (χ4v) is 4.22. The Balaban J connectivity index is 1.64. The molecule has 0 unspecified atom stereocenters. The van der Waals surface area contributed by atoms with Gasteiger partial charge in [-0.25, -0.2) is 0 Å². The normalized spacial score (nSPS) is 31.4. The standard InChI is InChI=1S/C18H19NO3/c1-22-18(21)15-10-19(16-5-3-2-4-13(15)16)17(20)14-9-11-6-7-12(14)8-11/h2-7,11-12,14-15H,8-10H2,1H3/t11-,12-,14+,15-/m0/s1. The topological polar surface area (TPSA) is 46.6 Å². The van der Waals surface area contributed by atoms with Gasteiger partial charge < -0.3 is 9.64 Å². The van der Waals surface area contributed by atoms with Crippen molar-refractivity contribution in [2.45, 2.75) is 18.8 Å². The summed E-state index contributed by atoms with van der Waals surface area (Å²) in [7, 11) is 1.40. The van der Waals surface area contributed by atoms with E-state index in [1.54, 1.807) is 4.90 Å². The monoisotopic (exact) mass is 297 g/mol. The number of carbonyl (C=O) groups excluding carboxylic acids is 2. The number of hydrogen-bond donors (Lipinski definition) is 0. The van der Waals surface area contributed by atoms with Crippen LogP contribution in [0.2, 0.25) is 0 Å². The maximum Gasteiger partial charge on any atom is 0.315 e. The number of benzene rings is 1. The molecule has 0 radical (unpaired) electrons. The third kappa shape index (κ3) is 1.90. The second-order valence-corrected chi connectivity index (χ2v) is 6.47. The lowest BCUT2D eigenvalue weighted by Gasteiger charge is -2.25. The number of ether oxygens (including phenoxy) is 1. The highest BCUT2D eigenvalue weighted by Gasteiger charge is 2.45. The van der Waals surface area contributed by atoms with Crippen LogP contribution in [0.25, 0.3) is 0 Å². The van der Waals surface area contributed by atoms with Crippen LogP contribution < -0.4 is 4.90 Å². The molecule has 3 aliphatic rings. The van der Waals surface area contributed by atoms with Crippen LogP contribution in [0.1, 0.15) is 24.3 Å². The Morgan fingerprint density at radius 2 is 2.00 bits per heavy atom. The fraction of sp³-hybridized carbons (Fsp3) is 0.444. The summed E-state index contributed by atoms with van der Waals surface area (Å²) in [5.41, 5.74) is 1.77. The predicted octanol–water partition coefficient (Wildman–Crippen LogP) is 2.50. The van der Waals surface area contributed by atoms with Crippen LogP contribution >= 0.6 is 0 Å². The molecule has 4 atom stereocenters. The maximum atomic E-state index is 13.0. The number of para-hydroxylation sites is 1. The Bertz CT molecular complexity index is 666. The number of esters is 1. The molecule has 4 heteroatoms. The molecule has 1 fully saturated rings. The van der Waals surface area contributed by atoms with Gasteiger partial charge in [0.15, 0.2) is 0 Å². The van der Waals surface area contributed by atoms with Crippen molar-refractivity contribution in [2.75, 3.05) is 18.6 Å². The van der Waals surface area contributed by atoms with Crippen molar-refractivity contribution in [1.82, 2.24) is 0 Å². The number of amides is 1. The first kappa shape index (κ1) is 13.6. The predicted molar refractivity (Wildman–Crippen MR) is 82.4 cm³/mol. The Labute approximate surface area is 129 Å². The van der Waals surface area contributed by atoms with Crippen LogP contribution in [-0.4, -0.2) is 25.5 Å². The van der Waals surface area contributed by atoms with Crippen LogP contribution in [0.3, 0.4) is 0 Å². The number of rotatable bonds is 2. The molecule has 1 saturated carbocycles. The molecule has 1 heterocycles. The molecule has 0 spiro atoms. The quantitative estimate of drug-likeness (QED) is 0.622. The molecular weight excluding hydrogens is 278 g/mol. The molecule has 4 rings (SSSR count). The summed E-state index contributed by atoms with van der Waals surface area (Å²) in [6.07, 6.45) is 6.48. The first-order chi connectivity index (χ1) is 10.7. The number of fused-ring (bicyclic) bond motifs is 3. The van der Waals surface area contributed by atoms with E-state index in [0.717, 1.165) is 24.1 Å². The van der Waals surface area contributed by atoms with E-state index >= 15 is 0 Å². The summed E-state index contributed by atoms with van der Waals surface area (Å²) in [5, 5.41) is 0. The van der Waals surface area contributed by atoms with E-state index in [4.69, 9.17) is 4.74 Å². The molecule has 1 amide bonds. The van der Waals surface area contributed by atoms with E-state index < -0.39 is 0 Å². The molecule has 0 saturated heterocycles. The SMILES string of the molecule is COC(=O)[C@H]1CN(C(=O)[C@@H]2C[C@H]3C=C[C@H]2C3)c2ccccc21. The Morgan fingerprint density at radius 3 is 2.68 bits per heavy atom. The van der Waals surface area contributed by atoms with Crippen LogP contribution in [-0.2, 0) is 14.3 Å². The smallest absolute Gasteiger partial charge is 0.315 e. The van der Waals surface area contributed by atoms with Crippen LogP contribution in [0.5, 0.6) is 0 Å². The molecule has 114 valence electrons. The molecule has 4 nitrogen and oxygen atoms in total. The molecule has 2 bridgehead atoms.